The minimum atomic E-state index is -0.337. The number of amides is 1. The van der Waals surface area contributed by atoms with Crippen LogP contribution in [0.25, 0.3) is 0 Å². The zero-order valence-electron chi connectivity index (χ0n) is 11.9. The van der Waals surface area contributed by atoms with Crippen molar-refractivity contribution in [3.8, 4) is 0 Å². The minimum Gasteiger partial charge on any atom is -0.337 e. The number of carbonyl (C=O) groups is 1. The van der Waals surface area contributed by atoms with Crippen LogP contribution in [0.3, 0.4) is 0 Å². The lowest BCUT2D eigenvalue weighted by molar-refractivity contribution is -0.139. The Morgan fingerprint density at radius 1 is 1.47 bits per heavy atom. The molecule has 0 spiro atoms. The van der Waals surface area contributed by atoms with Gasteiger partial charge in [0.1, 0.15) is 0 Å². The highest BCUT2D eigenvalue weighted by Gasteiger charge is 2.39. The van der Waals surface area contributed by atoms with Crippen molar-refractivity contribution in [3.05, 3.63) is 0 Å². The second-order valence-corrected chi connectivity index (χ2v) is 5.56. The molecule has 0 aromatic heterocycles. The van der Waals surface area contributed by atoms with Gasteiger partial charge in [0, 0.05) is 19.1 Å². The van der Waals surface area contributed by atoms with E-state index in [-0.39, 0.29) is 17.5 Å². The predicted molar refractivity (Wildman–Crippen MR) is 71.0 cm³/mol. The molecule has 0 bridgehead atoms. The lowest BCUT2D eigenvalue weighted by Gasteiger charge is -2.36. The largest absolute Gasteiger partial charge is 0.337 e. The van der Waals surface area contributed by atoms with Crippen molar-refractivity contribution in [1.82, 2.24) is 15.1 Å². The molecule has 2 atom stereocenters. The molecule has 1 aliphatic rings. The molecule has 100 valence electrons. The first-order valence-electron chi connectivity index (χ1n) is 6.61. The Hall–Kier alpha value is -0.610. The van der Waals surface area contributed by atoms with Gasteiger partial charge in [0.25, 0.3) is 0 Å². The highest BCUT2D eigenvalue weighted by Crippen LogP contribution is 2.22. The van der Waals surface area contributed by atoms with Gasteiger partial charge in [-0.25, -0.2) is 0 Å². The highest BCUT2D eigenvalue weighted by molar-refractivity contribution is 5.86. The van der Waals surface area contributed by atoms with Gasteiger partial charge >= 0.3 is 0 Å². The monoisotopic (exact) mass is 241 g/mol. The SMILES string of the molecule is CCN(C(=O)C1(C)CCCN1)C(C)CN(C)C. The molecule has 1 aliphatic heterocycles. The van der Waals surface area contributed by atoms with Crippen molar-refractivity contribution in [2.24, 2.45) is 0 Å². The average molecular weight is 241 g/mol. The second kappa shape index (κ2) is 5.83. The Labute approximate surface area is 105 Å². The molecule has 1 heterocycles. The van der Waals surface area contributed by atoms with Gasteiger partial charge in [-0.3, -0.25) is 4.79 Å². The van der Waals surface area contributed by atoms with Gasteiger partial charge in [0.2, 0.25) is 5.91 Å². The molecule has 0 aromatic carbocycles. The molecule has 0 radical (unpaired) electrons. The summed E-state index contributed by atoms with van der Waals surface area (Å²) >= 11 is 0. The van der Waals surface area contributed by atoms with E-state index in [9.17, 15) is 4.79 Å². The Bertz CT molecular complexity index is 259. The molecule has 4 nitrogen and oxygen atoms in total. The van der Waals surface area contributed by atoms with Gasteiger partial charge < -0.3 is 15.1 Å². The van der Waals surface area contributed by atoms with Crippen LogP contribution in [0, 0.1) is 0 Å². The third kappa shape index (κ3) is 3.42. The highest BCUT2D eigenvalue weighted by atomic mass is 16.2. The van der Waals surface area contributed by atoms with Crippen molar-refractivity contribution in [2.75, 3.05) is 33.7 Å². The summed E-state index contributed by atoms with van der Waals surface area (Å²) in [4.78, 5) is 16.7. The maximum atomic E-state index is 12.6. The molecular weight excluding hydrogens is 214 g/mol. The van der Waals surface area contributed by atoms with Gasteiger partial charge in [-0.05, 0) is 54.3 Å². The van der Waals surface area contributed by atoms with Crippen molar-refractivity contribution < 1.29 is 4.79 Å². The summed E-state index contributed by atoms with van der Waals surface area (Å²) in [5.41, 5.74) is -0.337. The number of carbonyl (C=O) groups excluding carboxylic acids is 1. The summed E-state index contributed by atoms with van der Waals surface area (Å²) in [7, 11) is 4.09. The summed E-state index contributed by atoms with van der Waals surface area (Å²) in [6, 6.07) is 0.265. The Morgan fingerprint density at radius 3 is 2.53 bits per heavy atom. The maximum absolute atomic E-state index is 12.6. The molecule has 1 fully saturated rings. The van der Waals surface area contributed by atoms with E-state index in [0.717, 1.165) is 32.5 Å². The molecule has 2 unspecified atom stereocenters. The van der Waals surface area contributed by atoms with Crippen LogP contribution < -0.4 is 5.32 Å². The lowest BCUT2D eigenvalue weighted by atomic mass is 9.97. The first-order valence-corrected chi connectivity index (χ1v) is 6.61. The molecule has 0 saturated carbocycles. The van der Waals surface area contributed by atoms with E-state index in [0.29, 0.717) is 0 Å². The molecule has 4 heteroatoms. The normalized spacial score (nSPS) is 26.2. The summed E-state index contributed by atoms with van der Waals surface area (Å²) in [6.07, 6.45) is 2.05. The smallest absolute Gasteiger partial charge is 0.242 e. The van der Waals surface area contributed by atoms with Crippen LogP contribution in [-0.2, 0) is 4.79 Å². The summed E-state index contributed by atoms with van der Waals surface area (Å²) in [5, 5.41) is 3.35. The van der Waals surface area contributed by atoms with Gasteiger partial charge in [-0.2, -0.15) is 0 Å². The van der Waals surface area contributed by atoms with Crippen LogP contribution in [0.4, 0.5) is 0 Å². The number of nitrogens with one attached hydrogen (secondary N) is 1. The molecule has 1 N–H and O–H groups in total. The molecule has 0 aliphatic carbocycles. The van der Waals surface area contributed by atoms with E-state index in [1.807, 2.05) is 25.9 Å². The number of hydrogen-bond acceptors (Lipinski definition) is 3. The fourth-order valence-corrected chi connectivity index (χ4v) is 2.68. The lowest BCUT2D eigenvalue weighted by Crippen LogP contribution is -2.56. The Kier molecular flexibility index (Phi) is 4.95. The topological polar surface area (TPSA) is 35.6 Å². The average Bonchev–Trinajstić information content (AvgIpc) is 2.66. The summed E-state index contributed by atoms with van der Waals surface area (Å²) in [6.45, 7) is 8.87. The quantitative estimate of drug-likeness (QED) is 0.778. The zero-order chi connectivity index (χ0) is 13.1. The van der Waals surface area contributed by atoms with Gasteiger partial charge in [-0.15, -0.1) is 0 Å². The van der Waals surface area contributed by atoms with E-state index in [1.165, 1.54) is 0 Å². The second-order valence-electron chi connectivity index (χ2n) is 5.56. The zero-order valence-corrected chi connectivity index (χ0v) is 11.9. The molecule has 0 aromatic rings. The van der Waals surface area contributed by atoms with E-state index in [1.54, 1.807) is 0 Å². The summed E-state index contributed by atoms with van der Waals surface area (Å²) < 4.78 is 0. The van der Waals surface area contributed by atoms with Gasteiger partial charge in [0.15, 0.2) is 0 Å². The standard InChI is InChI=1S/C13H27N3O/c1-6-16(11(2)10-15(4)5)12(17)13(3)8-7-9-14-13/h11,14H,6-10H2,1-5H3. The van der Waals surface area contributed by atoms with E-state index >= 15 is 0 Å². The van der Waals surface area contributed by atoms with Crippen molar-refractivity contribution in [3.63, 3.8) is 0 Å². The van der Waals surface area contributed by atoms with Crippen LogP contribution in [0.15, 0.2) is 0 Å². The van der Waals surface area contributed by atoms with E-state index in [2.05, 4.69) is 24.1 Å². The van der Waals surface area contributed by atoms with Crippen LogP contribution in [0.1, 0.15) is 33.6 Å². The van der Waals surface area contributed by atoms with Crippen molar-refractivity contribution in [1.29, 1.82) is 0 Å². The van der Waals surface area contributed by atoms with Crippen molar-refractivity contribution in [2.45, 2.75) is 45.2 Å². The minimum absolute atomic E-state index is 0.256. The molecule has 17 heavy (non-hydrogen) atoms. The maximum Gasteiger partial charge on any atom is 0.242 e. The molecule has 1 saturated heterocycles. The van der Waals surface area contributed by atoms with Crippen LogP contribution >= 0.6 is 0 Å². The van der Waals surface area contributed by atoms with E-state index < -0.39 is 0 Å². The molecular formula is C13H27N3O. The van der Waals surface area contributed by atoms with Crippen LogP contribution in [0.5, 0.6) is 0 Å². The fraction of sp³-hybridized carbons (Fsp3) is 0.923. The summed E-state index contributed by atoms with van der Waals surface area (Å²) in [5.74, 6) is 0.256. The van der Waals surface area contributed by atoms with Crippen molar-refractivity contribution >= 4 is 5.91 Å². The fourth-order valence-electron chi connectivity index (χ4n) is 2.68. The molecule has 1 amide bonds. The van der Waals surface area contributed by atoms with Crippen LogP contribution in [0.2, 0.25) is 0 Å². The van der Waals surface area contributed by atoms with Gasteiger partial charge in [0.05, 0.1) is 5.54 Å². The van der Waals surface area contributed by atoms with Gasteiger partial charge in [-0.1, -0.05) is 0 Å². The Balaban J connectivity index is 2.69. The first-order chi connectivity index (χ1) is 7.90. The number of nitrogens with zero attached hydrogens (tertiary/aromatic N) is 2. The number of hydrogen-bond donors (Lipinski definition) is 1. The molecule has 1 rings (SSSR count). The third-order valence-corrected chi connectivity index (χ3v) is 3.60. The number of likely N-dealkylation sites (N-methyl/N-ethyl adjacent to an activating group) is 2. The Morgan fingerprint density at radius 2 is 2.12 bits per heavy atom. The van der Waals surface area contributed by atoms with Crippen LogP contribution in [-0.4, -0.2) is 61.0 Å². The predicted octanol–water partition coefficient (Wildman–Crippen LogP) is 0.927. The van der Waals surface area contributed by atoms with E-state index in [4.69, 9.17) is 0 Å². The third-order valence-electron chi connectivity index (χ3n) is 3.60. The first kappa shape index (κ1) is 14.5. The number of rotatable bonds is 5.